The molecule has 1 saturated heterocycles. The Bertz CT molecular complexity index is 1090. The van der Waals surface area contributed by atoms with E-state index in [9.17, 15) is 14.4 Å². The lowest BCUT2D eigenvalue weighted by Gasteiger charge is -2.33. The normalized spacial score (nSPS) is 17.8. The summed E-state index contributed by atoms with van der Waals surface area (Å²) in [4.78, 5) is 37.9. The Labute approximate surface area is 227 Å². The van der Waals surface area contributed by atoms with Gasteiger partial charge < -0.3 is 14.5 Å². The highest BCUT2D eigenvalue weighted by Gasteiger charge is 2.29. The molecule has 0 spiro atoms. The number of amides is 1. The number of carbonyl (C=O) groups excluding carboxylic acids is 3. The number of ketones is 2. The third-order valence-corrected chi connectivity index (χ3v) is 6.49. The van der Waals surface area contributed by atoms with Crippen LogP contribution >= 0.6 is 0 Å². The van der Waals surface area contributed by atoms with Crippen LogP contribution in [0.1, 0.15) is 68.0 Å². The molecule has 1 aromatic carbocycles. The molecule has 2 aromatic rings. The van der Waals surface area contributed by atoms with Crippen molar-refractivity contribution in [3.8, 4) is 0 Å². The van der Waals surface area contributed by atoms with Gasteiger partial charge >= 0.3 is 0 Å². The van der Waals surface area contributed by atoms with Gasteiger partial charge in [0.05, 0.1) is 18.9 Å². The summed E-state index contributed by atoms with van der Waals surface area (Å²) < 4.78 is 5.22. The van der Waals surface area contributed by atoms with E-state index in [4.69, 9.17) is 4.74 Å². The SMILES string of the molecule is CC(=O)C(C)c1cccc(C)c1.CC(=O)C1COCCN1C(=O)/C=C/CN(C)C.Cc1cc(C2CC2)n[nH]1. The standard InChI is InChI=1S/C12H20N2O3.C11H14O.C7H10N2/c1-10(15)11-9-17-8-7-14(11)12(16)5-4-6-13(2)3;1-8-5-4-6-11(7-8)9(2)10(3)12;1-5-4-7(9-8-5)6-2-3-6/h4-5,11H,6-9H2,1-3H3;4-7,9H,1-3H3;4,6H,2-3H2,1H3,(H,8,9)/b5-4+;;. The molecule has 0 radical (unpaired) electrons. The molecule has 2 fully saturated rings. The highest BCUT2D eigenvalue weighted by Crippen LogP contribution is 2.38. The Morgan fingerprint density at radius 2 is 1.89 bits per heavy atom. The van der Waals surface area contributed by atoms with Gasteiger partial charge in [0, 0.05) is 36.7 Å². The summed E-state index contributed by atoms with van der Waals surface area (Å²) in [5.41, 5.74) is 4.76. The minimum atomic E-state index is -0.430. The highest BCUT2D eigenvalue weighted by atomic mass is 16.5. The van der Waals surface area contributed by atoms with Crippen LogP contribution in [0.5, 0.6) is 0 Å². The summed E-state index contributed by atoms with van der Waals surface area (Å²) in [6.07, 6.45) is 6.00. The van der Waals surface area contributed by atoms with E-state index < -0.39 is 6.04 Å². The average molecular weight is 525 g/mol. The van der Waals surface area contributed by atoms with E-state index in [1.54, 1.807) is 17.9 Å². The lowest BCUT2D eigenvalue weighted by atomic mass is 9.96. The molecule has 2 heterocycles. The van der Waals surface area contributed by atoms with Crippen LogP contribution in [0.3, 0.4) is 0 Å². The van der Waals surface area contributed by atoms with E-state index in [0.717, 1.165) is 11.5 Å². The van der Waals surface area contributed by atoms with Crippen LogP contribution in [0.25, 0.3) is 0 Å². The van der Waals surface area contributed by atoms with Crippen molar-refractivity contribution < 1.29 is 19.1 Å². The second kappa shape index (κ2) is 15.3. The van der Waals surface area contributed by atoms with Gasteiger partial charge in [-0.2, -0.15) is 5.10 Å². The largest absolute Gasteiger partial charge is 0.377 e. The Kier molecular flexibility index (Phi) is 12.6. The third kappa shape index (κ3) is 10.7. The Morgan fingerprint density at radius 1 is 1.18 bits per heavy atom. The Morgan fingerprint density at radius 3 is 2.42 bits per heavy atom. The van der Waals surface area contributed by atoms with Crippen LogP contribution in [-0.4, -0.2) is 83.9 Å². The van der Waals surface area contributed by atoms with Gasteiger partial charge in [-0.1, -0.05) is 42.8 Å². The fraction of sp³-hybridized carbons (Fsp3) is 0.533. The molecule has 1 amide bonds. The van der Waals surface area contributed by atoms with Gasteiger partial charge in [-0.3, -0.25) is 19.5 Å². The summed E-state index contributed by atoms with van der Waals surface area (Å²) in [5, 5.41) is 7.09. The van der Waals surface area contributed by atoms with Gasteiger partial charge in [-0.15, -0.1) is 0 Å². The van der Waals surface area contributed by atoms with E-state index in [-0.39, 0.29) is 23.4 Å². The predicted octanol–water partition coefficient (Wildman–Crippen LogP) is 4.20. The van der Waals surface area contributed by atoms with Gasteiger partial charge in [0.25, 0.3) is 0 Å². The molecule has 1 aliphatic carbocycles. The molecule has 1 saturated carbocycles. The first kappa shape index (κ1) is 31.1. The van der Waals surface area contributed by atoms with E-state index in [0.29, 0.717) is 26.3 Å². The van der Waals surface area contributed by atoms with Crippen LogP contribution in [-0.2, 0) is 19.1 Å². The topological polar surface area (TPSA) is 95.6 Å². The number of rotatable bonds is 7. The molecule has 38 heavy (non-hydrogen) atoms. The molecular formula is C30H44N4O4. The second-order valence-electron chi connectivity index (χ2n) is 10.4. The zero-order valence-electron chi connectivity index (χ0n) is 24.0. The number of benzene rings is 1. The van der Waals surface area contributed by atoms with Crippen LogP contribution < -0.4 is 0 Å². The number of aromatic amines is 1. The zero-order chi connectivity index (χ0) is 28.2. The lowest BCUT2D eigenvalue weighted by Crippen LogP contribution is -2.51. The number of H-pyrrole nitrogens is 1. The van der Waals surface area contributed by atoms with Crippen molar-refractivity contribution >= 4 is 17.5 Å². The van der Waals surface area contributed by atoms with Crippen LogP contribution in [0.2, 0.25) is 0 Å². The number of nitrogens with one attached hydrogen (secondary N) is 1. The molecule has 1 aromatic heterocycles. The highest BCUT2D eigenvalue weighted by molar-refractivity contribution is 5.93. The smallest absolute Gasteiger partial charge is 0.247 e. The first-order chi connectivity index (χ1) is 18.0. The first-order valence-electron chi connectivity index (χ1n) is 13.3. The van der Waals surface area contributed by atoms with Crippen molar-refractivity contribution in [2.75, 3.05) is 40.4 Å². The van der Waals surface area contributed by atoms with Crippen molar-refractivity contribution in [1.29, 1.82) is 0 Å². The van der Waals surface area contributed by atoms with Crippen molar-refractivity contribution in [2.45, 2.75) is 65.3 Å². The van der Waals surface area contributed by atoms with E-state index in [1.807, 2.05) is 58.0 Å². The third-order valence-electron chi connectivity index (χ3n) is 6.49. The first-order valence-corrected chi connectivity index (χ1v) is 13.3. The minimum Gasteiger partial charge on any atom is -0.377 e. The molecule has 8 heteroatoms. The summed E-state index contributed by atoms with van der Waals surface area (Å²) in [7, 11) is 3.86. The molecule has 208 valence electrons. The van der Waals surface area contributed by atoms with Crippen molar-refractivity contribution in [3.05, 3.63) is 65.0 Å². The van der Waals surface area contributed by atoms with Crippen LogP contribution in [0.4, 0.5) is 0 Å². The monoisotopic (exact) mass is 524 g/mol. The molecular weight excluding hydrogens is 480 g/mol. The molecule has 2 atom stereocenters. The maximum atomic E-state index is 11.9. The summed E-state index contributed by atoms with van der Waals surface area (Å²) >= 11 is 0. The van der Waals surface area contributed by atoms with E-state index in [1.165, 1.54) is 42.8 Å². The number of hydrogen-bond donors (Lipinski definition) is 1. The van der Waals surface area contributed by atoms with Crippen molar-refractivity contribution in [3.63, 3.8) is 0 Å². The Hall–Kier alpha value is -3.10. The fourth-order valence-electron chi connectivity index (χ4n) is 3.87. The molecule has 1 aliphatic heterocycles. The number of morpholine rings is 1. The number of Topliss-reactive ketones (excluding diaryl/α,β-unsaturated/α-hetero) is 2. The average Bonchev–Trinajstić information content (AvgIpc) is 3.64. The summed E-state index contributed by atoms with van der Waals surface area (Å²) in [6.45, 7) is 11.1. The van der Waals surface area contributed by atoms with Gasteiger partial charge in [-0.25, -0.2) is 0 Å². The van der Waals surface area contributed by atoms with Gasteiger partial charge in [0.1, 0.15) is 11.8 Å². The number of hydrogen-bond acceptors (Lipinski definition) is 6. The second-order valence-corrected chi connectivity index (χ2v) is 10.4. The van der Waals surface area contributed by atoms with Gasteiger partial charge in [0.2, 0.25) is 5.91 Å². The van der Waals surface area contributed by atoms with Gasteiger partial charge in [0.15, 0.2) is 5.78 Å². The fourth-order valence-corrected chi connectivity index (χ4v) is 3.87. The number of carbonyl (C=O) groups is 3. The summed E-state index contributed by atoms with van der Waals surface area (Å²) in [5.74, 6) is 0.898. The number of ether oxygens (including phenoxy) is 1. The maximum Gasteiger partial charge on any atom is 0.247 e. The lowest BCUT2D eigenvalue weighted by molar-refractivity contribution is -0.142. The number of aryl methyl sites for hydroxylation is 2. The number of aromatic nitrogens is 2. The molecule has 8 nitrogen and oxygen atoms in total. The number of likely N-dealkylation sites (N-methyl/N-ethyl adjacent to an activating group) is 1. The maximum absolute atomic E-state index is 11.9. The van der Waals surface area contributed by atoms with E-state index >= 15 is 0 Å². The van der Waals surface area contributed by atoms with E-state index in [2.05, 4.69) is 22.3 Å². The van der Waals surface area contributed by atoms with Gasteiger partial charge in [-0.05, 0) is 66.3 Å². The quantitative estimate of drug-likeness (QED) is 0.546. The summed E-state index contributed by atoms with van der Waals surface area (Å²) in [6, 6.07) is 9.80. The Balaban J connectivity index is 0.000000210. The minimum absolute atomic E-state index is 0.0286. The number of nitrogens with zero attached hydrogens (tertiary/aromatic N) is 3. The predicted molar refractivity (Wildman–Crippen MR) is 150 cm³/mol. The van der Waals surface area contributed by atoms with Crippen molar-refractivity contribution in [2.24, 2.45) is 0 Å². The molecule has 2 unspecified atom stereocenters. The van der Waals surface area contributed by atoms with Crippen LogP contribution in [0.15, 0.2) is 42.5 Å². The van der Waals surface area contributed by atoms with Crippen molar-refractivity contribution in [1.82, 2.24) is 20.0 Å². The molecule has 0 bridgehead atoms. The molecule has 4 rings (SSSR count). The molecule has 2 aliphatic rings. The molecule has 1 N–H and O–H groups in total. The zero-order valence-corrected chi connectivity index (χ0v) is 24.0. The van der Waals surface area contributed by atoms with Crippen LogP contribution in [0, 0.1) is 13.8 Å².